The van der Waals surface area contributed by atoms with Gasteiger partial charge in [-0.3, -0.25) is 14.4 Å². The first-order valence-electron chi connectivity index (χ1n) is 11.2. The van der Waals surface area contributed by atoms with Gasteiger partial charge in [-0.15, -0.1) is 10.2 Å². The molecule has 12 heteroatoms. The molecule has 0 spiro atoms. The predicted molar refractivity (Wildman–Crippen MR) is 121 cm³/mol. The Hall–Kier alpha value is -3.70. The third-order valence-electron chi connectivity index (χ3n) is 5.98. The van der Waals surface area contributed by atoms with E-state index in [1.54, 1.807) is 4.90 Å². The minimum atomic E-state index is -4.68. The van der Waals surface area contributed by atoms with E-state index in [0.717, 1.165) is 18.6 Å². The zero-order valence-electron chi connectivity index (χ0n) is 19.2. The quantitative estimate of drug-likeness (QED) is 0.667. The molecule has 0 aliphatic carbocycles. The second-order valence-electron chi connectivity index (χ2n) is 8.90. The molecule has 3 amide bonds. The molecule has 1 saturated heterocycles. The highest BCUT2D eigenvalue weighted by Gasteiger charge is 2.42. The van der Waals surface area contributed by atoms with Crippen molar-refractivity contribution >= 4 is 29.2 Å². The summed E-state index contributed by atoms with van der Waals surface area (Å²) in [6.07, 6.45) is -3.87. The molecule has 2 N–H and O–H groups in total. The number of rotatable bonds is 5. The molecule has 2 aliphatic rings. The molecular formula is C23H25F3N6O3. The largest absolute Gasteiger partial charge is 0.417 e. The van der Waals surface area contributed by atoms with Crippen LogP contribution in [0, 0.1) is 5.92 Å². The number of halogens is 3. The highest BCUT2D eigenvalue weighted by Crippen LogP contribution is 2.34. The zero-order chi connectivity index (χ0) is 25.3. The number of carbonyl (C=O) groups excluding carboxylic acids is 3. The van der Waals surface area contributed by atoms with Gasteiger partial charge >= 0.3 is 6.18 Å². The van der Waals surface area contributed by atoms with Crippen LogP contribution in [-0.4, -0.2) is 65.0 Å². The molecule has 2 aliphatic heterocycles. The molecule has 0 saturated carbocycles. The summed E-state index contributed by atoms with van der Waals surface area (Å²) >= 11 is 0. The lowest BCUT2D eigenvalue weighted by Crippen LogP contribution is -2.61. The van der Waals surface area contributed by atoms with Crippen molar-refractivity contribution in [3.05, 3.63) is 47.2 Å². The van der Waals surface area contributed by atoms with E-state index in [1.807, 2.05) is 13.8 Å². The molecule has 2 aromatic rings. The second kappa shape index (κ2) is 9.51. The molecule has 186 valence electrons. The van der Waals surface area contributed by atoms with Crippen molar-refractivity contribution in [2.45, 2.75) is 32.5 Å². The van der Waals surface area contributed by atoms with E-state index in [9.17, 15) is 27.6 Å². The van der Waals surface area contributed by atoms with Gasteiger partial charge < -0.3 is 20.4 Å². The molecular weight excluding hydrogens is 465 g/mol. The Bertz CT molecular complexity index is 1150. The van der Waals surface area contributed by atoms with Gasteiger partial charge in [0, 0.05) is 19.6 Å². The van der Waals surface area contributed by atoms with Crippen LogP contribution in [0.15, 0.2) is 30.3 Å². The number of fused-ring (bicyclic) bond motifs is 3. The number of hydrogen-bond donors (Lipinski definition) is 2. The van der Waals surface area contributed by atoms with Gasteiger partial charge in [0.05, 0.1) is 23.4 Å². The molecule has 1 aromatic carbocycles. The summed E-state index contributed by atoms with van der Waals surface area (Å²) in [5.41, 5.74) is -1.10. The van der Waals surface area contributed by atoms with Gasteiger partial charge in [-0.05, 0) is 30.5 Å². The number of anilines is 2. The summed E-state index contributed by atoms with van der Waals surface area (Å²) in [5.74, 6) is -0.880. The van der Waals surface area contributed by atoms with Crippen molar-refractivity contribution in [1.29, 1.82) is 0 Å². The number of hydrogen-bond acceptors (Lipinski definition) is 6. The van der Waals surface area contributed by atoms with E-state index in [2.05, 4.69) is 20.8 Å². The van der Waals surface area contributed by atoms with Crippen LogP contribution >= 0.6 is 0 Å². The highest BCUT2D eigenvalue weighted by atomic mass is 19.4. The SMILES string of the molecule is CC(C)CCNC(=O)c1cc2c(nn1)N1CCN(C(=O)c3ccccc3C(F)(F)F)CC1C(=O)N2. The van der Waals surface area contributed by atoms with Crippen LogP contribution < -0.4 is 15.5 Å². The summed E-state index contributed by atoms with van der Waals surface area (Å²) in [6, 6.07) is 5.18. The third-order valence-corrected chi connectivity index (χ3v) is 5.98. The van der Waals surface area contributed by atoms with E-state index in [0.29, 0.717) is 24.0 Å². The molecule has 0 bridgehead atoms. The Balaban J connectivity index is 1.50. The monoisotopic (exact) mass is 490 g/mol. The maximum absolute atomic E-state index is 13.4. The van der Waals surface area contributed by atoms with E-state index in [1.165, 1.54) is 23.1 Å². The molecule has 9 nitrogen and oxygen atoms in total. The Morgan fingerprint density at radius 1 is 1.20 bits per heavy atom. The summed E-state index contributed by atoms with van der Waals surface area (Å²) in [5, 5.41) is 13.6. The molecule has 1 aromatic heterocycles. The van der Waals surface area contributed by atoms with Crippen molar-refractivity contribution < 1.29 is 27.6 Å². The number of aromatic nitrogens is 2. The van der Waals surface area contributed by atoms with Crippen LogP contribution in [0.5, 0.6) is 0 Å². The first-order valence-corrected chi connectivity index (χ1v) is 11.2. The molecule has 3 heterocycles. The van der Waals surface area contributed by atoms with Crippen molar-refractivity contribution in [2.75, 3.05) is 36.4 Å². The molecule has 35 heavy (non-hydrogen) atoms. The number of piperazine rings is 1. The summed E-state index contributed by atoms with van der Waals surface area (Å²) < 4.78 is 40.1. The Labute approximate surface area is 199 Å². The van der Waals surface area contributed by atoms with Gasteiger partial charge in [0.15, 0.2) is 11.5 Å². The number of nitrogens with zero attached hydrogens (tertiary/aromatic N) is 4. The van der Waals surface area contributed by atoms with E-state index in [4.69, 9.17) is 0 Å². The van der Waals surface area contributed by atoms with Gasteiger partial charge in [-0.2, -0.15) is 13.2 Å². The average molecular weight is 490 g/mol. The molecule has 0 radical (unpaired) electrons. The molecule has 1 atom stereocenters. The lowest BCUT2D eigenvalue weighted by atomic mass is 10.0. The maximum atomic E-state index is 13.4. The average Bonchev–Trinajstić information content (AvgIpc) is 2.82. The van der Waals surface area contributed by atoms with Crippen molar-refractivity contribution in [3.8, 4) is 0 Å². The number of nitrogens with one attached hydrogen (secondary N) is 2. The predicted octanol–water partition coefficient (Wildman–Crippen LogP) is 2.55. The van der Waals surface area contributed by atoms with E-state index >= 15 is 0 Å². The van der Waals surface area contributed by atoms with E-state index < -0.39 is 41.1 Å². The van der Waals surface area contributed by atoms with Crippen LogP contribution in [0.2, 0.25) is 0 Å². The highest BCUT2D eigenvalue weighted by molar-refractivity contribution is 6.05. The number of alkyl halides is 3. The summed E-state index contributed by atoms with van der Waals surface area (Å²) in [7, 11) is 0. The normalized spacial score (nSPS) is 17.5. The van der Waals surface area contributed by atoms with E-state index in [-0.39, 0.29) is 25.3 Å². The smallest absolute Gasteiger partial charge is 0.351 e. The Morgan fingerprint density at radius 2 is 1.94 bits per heavy atom. The molecule has 1 fully saturated rings. The number of benzene rings is 1. The van der Waals surface area contributed by atoms with Gasteiger partial charge in [-0.25, -0.2) is 0 Å². The number of carbonyl (C=O) groups is 3. The van der Waals surface area contributed by atoms with Crippen molar-refractivity contribution in [2.24, 2.45) is 5.92 Å². The third kappa shape index (κ3) is 5.05. The van der Waals surface area contributed by atoms with Gasteiger partial charge in [-0.1, -0.05) is 26.0 Å². The standard InChI is InChI=1S/C23H25F3N6O3/c1-13(2)7-8-27-20(33)17-11-16-19(30-29-17)32-10-9-31(12-18(32)21(34)28-16)22(35)14-5-3-4-6-15(14)23(24,25)26/h3-6,11,13,18H,7-10,12H2,1-2H3,(H,27,33)(H,28,34). The zero-order valence-corrected chi connectivity index (χ0v) is 19.2. The first kappa shape index (κ1) is 24.4. The molecule has 4 rings (SSSR count). The van der Waals surface area contributed by atoms with Crippen LogP contribution in [-0.2, 0) is 11.0 Å². The Kier molecular flexibility index (Phi) is 6.64. The number of amides is 3. The first-order chi connectivity index (χ1) is 16.6. The lowest BCUT2D eigenvalue weighted by Gasteiger charge is -2.44. The minimum absolute atomic E-state index is 0.0591. The fraction of sp³-hybridized carbons (Fsp3) is 0.435. The fourth-order valence-corrected chi connectivity index (χ4v) is 4.11. The minimum Gasteiger partial charge on any atom is -0.351 e. The molecule has 1 unspecified atom stereocenters. The Morgan fingerprint density at radius 3 is 2.66 bits per heavy atom. The summed E-state index contributed by atoms with van der Waals surface area (Å²) in [4.78, 5) is 41.0. The van der Waals surface area contributed by atoms with Crippen LogP contribution in [0.3, 0.4) is 0 Å². The van der Waals surface area contributed by atoms with Crippen molar-refractivity contribution in [1.82, 2.24) is 20.4 Å². The van der Waals surface area contributed by atoms with Gasteiger partial charge in [0.1, 0.15) is 6.04 Å². The van der Waals surface area contributed by atoms with Crippen LogP contribution in [0.25, 0.3) is 0 Å². The lowest BCUT2D eigenvalue weighted by molar-refractivity contribution is -0.138. The van der Waals surface area contributed by atoms with Gasteiger partial charge in [0.2, 0.25) is 5.91 Å². The van der Waals surface area contributed by atoms with Gasteiger partial charge in [0.25, 0.3) is 11.8 Å². The van der Waals surface area contributed by atoms with Crippen LogP contribution in [0.1, 0.15) is 46.7 Å². The van der Waals surface area contributed by atoms with Crippen LogP contribution in [0.4, 0.5) is 24.7 Å². The maximum Gasteiger partial charge on any atom is 0.417 e. The van der Waals surface area contributed by atoms with Crippen molar-refractivity contribution in [3.63, 3.8) is 0 Å². The fourth-order valence-electron chi connectivity index (χ4n) is 4.11. The topological polar surface area (TPSA) is 108 Å². The second-order valence-corrected chi connectivity index (χ2v) is 8.90. The summed E-state index contributed by atoms with van der Waals surface area (Å²) in [6.45, 7) is 4.71.